The molecule has 5 heteroatoms. The summed E-state index contributed by atoms with van der Waals surface area (Å²) in [5.74, 6) is 1.16. The first-order valence-electron chi connectivity index (χ1n) is 6.43. The predicted molar refractivity (Wildman–Crippen MR) is 72.6 cm³/mol. The lowest BCUT2D eigenvalue weighted by Gasteiger charge is -2.20. The summed E-state index contributed by atoms with van der Waals surface area (Å²) in [6.45, 7) is 5.45. The first-order valence-corrected chi connectivity index (χ1v) is 6.43. The van der Waals surface area contributed by atoms with Gasteiger partial charge in [-0.1, -0.05) is 0 Å². The highest BCUT2D eigenvalue weighted by Crippen LogP contribution is 2.41. The molecule has 0 unspecified atom stereocenters. The number of carbonyl (C=O) groups is 1. The summed E-state index contributed by atoms with van der Waals surface area (Å²) in [6, 6.07) is 1.88. The summed E-state index contributed by atoms with van der Waals surface area (Å²) in [7, 11) is 1.58. The van der Waals surface area contributed by atoms with E-state index in [0.717, 1.165) is 5.69 Å². The zero-order valence-electron chi connectivity index (χ0n) is 11.8. The lowest BCUT2D eigenvalue weighted by molar-refractivity contribution is 0.0635. The van der Waals surface area contributed by atoms with E-state index < -0.39 is 11.7 Å². The van der Waals surface area contributed by atoms with Crippen LogP contribution in [0.15, 0.2) is 12.3 Å². The summed E-state index contributed by atoms with van der Waals surface area (Å²) < 4.78 is 10.5. The van der Waals surface area contributed by atoms with Crippen LogP contribution in [0.5, 0.6) is 5.75 Å². The van der Waals surface area contributed by atoms with Gasteiger partial charge in [0.2, 0.25) is 0 Å². The van der Waals surface area contributed by atoms with Crippen molar-refractivity contribution in [3.05, 3.63) is 18.0 Å². The third-order valence-electron chi connectivity index (χ3n) is 2.74. The van der Waals surface area contributed by atoms with Crippen molar-refractivity contribution in [2.24, 2.45) is 0 Å². The largest absolute Gasteiger partial charge is 0.494 e. The number of hydrogen-bond donors (Lipinski definition) is 1. The minimum absolute atomic E-state index is 0.508. The van der Waals surface area contributed by atoms with Crippen molar-refractivity contribution in [3.63, 3.8) is 0 Å². The van der Waals surface area contributed by atoms with Crippen LogP contribution in [0.25, 0.3) is 0 Å². The highest BCUT2D eigenvalue weighted by Gasteiger charge is 2.26. The van der Waals surface area contributed by atoms with E-state index in [-0.39, 0.29) is 0 Å². The van der Waals surface area contributed by atoms with E-state index >= 15 is 0 Å². The minimum atomic E-state index is -0.529. The van der Waals surface area contributed by atoms with Crippen LogP contribution < -0.4 is 10.1 Å². The average Bonchev–Trinajstić information content (AvgIpc) is 3.10. The fraction of sp³-hybridized carbons (Fsp3) is 0.571. The molecule has 0 saturated heterocycles. The number of nitrogens with one attached hydrogen (secondary N) is 1. The van der Waals surface area contributed by atoms with E-state index in [2.05, 4.69) is 10.3 Å². The number of ether oxygens (including phenoxy) is 2. The van der Waals surface area contributed by atoms with E-state index in [9.17, 15) is 4.79 Å². The highest BCUT2D eigenvalue weighted by atomic mass is 16.6. The van der Waals surface area contributed by atoms with Gasteiger partial charge in [-0.05, 0) is 33.6 Å². The van der Waals surface area contributed by atoms with Gasteiger partial charge < -0.3 is 9.47 Å². The lowest BCUT2D eigenvalue weighted by atomic mass is 10.2. The third-order valence-corrected chi connectivity index (χ3v) is 2.74. The van der Waals surface area contributed by atoms with Crippen molar-refractivity contribution in [2.45, 2.75) is 45.1 Å². The van der Waals surface area contributed by atoms with Gasteiger partial charge in [-0.2, -0.15) is 0 Å². The van der Waals surface area contributed by atoms with Crippen LogP contribution in [0.2, 0.25) is 0 Å². The Morgan fingerprint density at radius 1 is 1.42 bits per heavy atom. The molecule has 19 heavy (non-hydrogen) atoms. The third kappa shape index (κ3) is 3.84. The molecule has 1 aliphatic rings. The Bertz CT molecular complexity index is 476. The van der Waals surface area contributed by atoms with Crippen LogP contribution in [0.4, 0.5) is 10.5 Å². The van der Waals surface area contributed by atoms with Crippen LogP contribution in [0, 0.1) is 0 Å². The number of rotatable bonds is 3. The van der Waals surface area contributed by atoms with Gasteiger partial charge >= 0.3 is 6.09 Å². The van der Waals surface area contributed by atoms with Gasteiger partial charge in [0.15, 0.2) is 0 Å². The molecule has 0 aliphatic heterocycles. The van der Waals surface area contributed by atoms with Gasteiger partial charge in [-0.15, -0.1) is 0 Å². The van der Waals surface area contributed by atoms with Crippen LogP contribution >= 0.6 is 0 Å². The average molecular weight is 264 g/mol. The zero-order valence-corrected chi connectivity index (χ0v) is 11.8. The summed E-state index contributed by atoms with van der Waals surface area (Å²) >= 11 is 0. The molecule has 5 nitrogen and oxygen atoms in total. The van der Waals surface area contributed by atoms with Crippen LogP contribution in [-0.4, -0.2) is 23.8 Å². The second kappa shape index (κ2) is 5.07. The van der Waals surface area contributed by atoms with Gasteiger partial charge in [-0.3, -0.25) is 10.3 Å². The summed E-state index contributed by atoms with van der Waals surface area (Å²) in [6.07, 6.45) is 3.46. The van der Waals surface area contributed by atoms with Gasteiger partial charge in [0.25, 0.3) is 0 Å². The predicted octanol–water partition coefficient (Wildman–Crippen LogP) is 3.31. The molecule has 1 N–H and O–H groups in total. The molecule has 1 amide bonds. The molecule has 0 spiro atoms. The molecular weight excluding hydrogens is 244 g/mol. The molecular formula is C14H20N2O3. The standard InChI is InChI=1S/C14H20N2O3/c1-14(2,3)19-13(17)16-11-8-15-10(9-5-6-9)7-12(11)18-4/h7-9H,5-6H2,1-4H3,(H,16,17). The Hall–Kier alpha value is -1.78. The molecule has 0 aromatic carbocycles. The maximum atomic E-state index is 11.7. The van der Waals surface area contributed by atoms with Crippen molar-refractivity contribution in [3.8, 4) is 5.75 Å². The Balaban J connectivity index is 2.09. The molecule has 2 rings (SSSR count). The molecule has 1 aliphatic carbocycles. The first-order chi connectivity index (χ1) is 8.89. The molecule has 1 aromatic rings. The maximum Gasteiger partial charge on any atom is 0.412 e. The molecule has 104 valence electrons. The number of aromatic nitrogens is 1. The molecule has 1 saturated carbocycles. The number of anilines is 1. The Morgan fingerprint density at radius 2 is 2.11 bits per heavy atom. The number of carbonyl (C=O) groups excluding carboxylic acids is 1. The van der Waals surface area contributed by atoms with Crippen molar-refractivity contribution >= 4 is 11.8 Å². The summed E-state index contributed by atoms with van der Waals surface area (Å²) in [4.78, 5) is 16.1. The zero-order chi connectivity index (χ0) is 14.0. The monoisotopic (exact) mass is 264 g/mol. The second-order valence-corrected chi connectivity index (χ2v) is 5.71. The van der Waals surface area contributed by atoms with Gasteiger partial charge in [-0.25, -0.2) is 4.79 Å². The van der Waals surface area contributed by atoms with E-state index in [1.807, 2.05) is 26.8 Å². The molecule has 1 heterocycles. The Morgan fingerprint density at radius 3 is 2.63 bits per heavy atom. The normalized spacial score (nSPS) is 14.9. The van der Waals surface area contributed by atoms with Gasteiger partial charge in [0, 0.05) is 17.7 Å². The first kappa shape index (κ1) is 13.6. The van der Waals surface area contributed by atoms with Crippen LogP contribution in [0.1, 0.15) is 45.2 Å². The maximum absolute atomic E-state index is 11.7. The summed E-state index contributed by atoms with van der Waals surface area (Å²) in [5.41, 5.74) is 1.02. The summed E-state index contributed by atoms with van der Waals surface area (Å²) in [5, 5.41) is 2.66. The molecule has 1 fully saturated rings. The van der Waals surface area contributed by atoms with E-state index in [1.54, 1.807) is 13.3 Å². The van der Waals surface area contributed by atoms with Crippen LogP contribution in [0.3, 0.4) is 0 Å². The minimum Gasteiger partial charge on any atom is -0.494 e. The van der Waals surface area contributed by atoms with E-state index in [4.69, 9.17) is 9.47 Å². The van der Waals surface area contributed by atoms with Gasteiger partial charge in [0.1, 0.15) is 17.0 Å². The van der Waals surface area contributed by atoms with Gasteiger partial charge in [0.05, 0.1) is 13.3 Å². The van der Waals surface area contributed by atoms with Crippen molar-refractivity contribution in [1.82, 2.24) is 4.98 Å². The number of nitrogens with zero attached hydrogens (tertiary/aromatic N) is 1. The SMILES string of the molecule is COc1cc(C2CC2)ncc1NC(=O)OC(C)(C)C. The highest BCUT2D eigenvalue weighted by molar-refractivity contribution is 5.86. The smallest absolute Gasteiger partial charge is 0.412 e. The number of pyridine rings is 1. The van der Waals surface area contributed by atoms with Crippen molar-refractivity contribution in [1.29, 1.82) is 0 Å². The number of amides is 1. The van der Waals surface area contributed by atoms with Crippen molar-refractivity contribution in [2.75, 3.05) is 12.4 Å². The lowest BCUT2D eigenvalue weighted by Crippen LogP contribution is -2.27. The molecule has 0 atom stereocenters. The van der Waals surface area contributed by atoms with E-state index in [1.165, 1.54) is 12.8 Å². The quantitative estimate of drug-likeness (QED) is 0.909. The molecule has 1 aromatic heterocycles. The fourth-order valence-corrected chi connectivity index (χ4v) is 1.73. The second-order valence-electron chi connectivity index (χ2n) is 5.71. The fourth-order valence-electron chi connectivity index (χ4n) is 1.73. The topological polar surface area (TPSA) is 60.5 Å². The Kier molecular flexibility index (Phi) is 3.64. The van der Waals surface area contributed by atoms with E-state index in [0.29, 0.717) is 17.4 Å². The molecule has 0 bridgehead atoms. The number of methoxy groups -OCH3 is 1. The number of hydrogen-bond acceptors (Lipinski definition) is 4. The van der Waals surface area contributed by atoms with Crippen molar-refractivity contribution < 1.29 is 14.3 Å². The molecule has 0 radical (unpaired) electrons. The van der Waals surface area contributed by atoms with Crippen LogP contribution in [-0.2, 0) is 4.74 Å². The Labute approximate surface area is 113 Å².